The number of hydrogen-bond acceptors (Lipinski definition) is 5. The van der Waals surface area contributed by atoms with Crippen LogP contribution < -0.4 is 5.73 Å². The molecular weight excluding hydrogens is 322 g/mol. The summed E-state index contributed by atoms with van der Waals surface area (Å²) in [6.45, 7) is 6.56. The van der Waals surface area contributed by atoms with Crippen LogP contribution >= 0.6 is 15.9 Å². The highest BCUT2D eigenvalue weighted by Crippen LogP contribution is 2.31. The second kappa shape index (κ2) is 6.58. The van der Waals surface area contributed by atoms with Crippen molar-refractivity contribution in [2.24, 2.45) is 5.73 Å². The highest BCUT2D eigenvalue weighted by Gasteiger charge is 2.34. The van der Waals surface area contributed by atoms with E-state index in [1.165, 1.54) is 6.42 Å². The highest BCUT2D eigenvalue weighted by molar-refractivity contribution is 9.10. The summed E-state index contributed by atoms with van der Waals surface area (Å²) in [6.07, 6.45) is 2.92. The molecule has 3 rings (SSSR count). The molecule has 2 aliphatic rings. The number of morpholine rings is 1. The van der Waals surface area contributed by atoms with Gasteiger partial charge in [0.1, 0.15) is 5.76 Å². The molecule has 2 N–H and O–H groups in total. The first-order chi connectivity index (χ1) is 9.79. The molecule has 6 heteroatoms. The Morgan fingerprint density at radius 3 is 2.80 bits per heavy atom. The van der Waals surface area contributed by atoms with Gasteiger partial charge < -0.3 is 14.9 Å². The minimum atomic E-state index is 0.172. The Balaban J connectivity index is 1.64. The lowest BCUT2D eigenvalue weighted by atomic mass is 10.2. The number of halogens is 1. The molecule has 0 aliphatic carbocycles. The van der Waals surface area contributed by atoms with Crippen molar-refractivity contribution in [3.05, 3.63) is 22.6 Å². The number of furan rings is 1. The van der Waals surface area contributed by atoms with Crippen molar-refractivity contribution in [3.63, 3.8) is 0 Å². The fraction of sp³-hybridized carbons (Fsp3) is 0.714. The first-order valence-corrected chi connectivity index (χ1v) is 8.07. The molecule has 1 aromatic rings. The largest absolute Gasteiger partial charge is 0.466 e. The molecule has 0 aromatic carbocycles. The fourth-order valence-electron chi connectivity index (χ4n) is 3.26. The van der Waals surface area contributed by atoms with Crippen LogP contribution in [0.4, 0.5) is 0 Å². The molecule has 112 valence electrons. The summed E-state index contributed by atoms with van der Waals surface area (Å²) in [4.78, 5) is 5.00. The maximum atomic E-state index is 5.98. The van der Waals surface area contributed by atoms with E-state index in [-0.39, 0.29) is 6.04 Å². The van der Waals surface area contributed by atoms with Gasteiger partial charge in [0, 0.05) is 38.8 Å². The Morgan fingerprint density at radius 1 is 1.35 bits per heavy atom. The summed E-state index contributed by atoms with van der Waals surface area (Å²) < 4.78 is 12.1. The van der Waals surface area contributed by atoms with Gasteiger partial charge in [-0.2, -0.15) is 0 Å². The monoisotopic (exact) mass is 343 g/mol. The lowest BCUT2D eigenvalue weighted by molar-refractivity contribution is 0.0174. The van der Waals surface area contributed by atoms with Crippen LogP contribution in [-0.4, -0.2) is 61.8 Å². The number of rotatable bonds is 4. The second-order valence-electron chi connectivity index (χ2n) is 5.47. The maximum Gasteiger partial charge on any atom is 0.136 e. The normalized spacial score (nSPS) is 27.0. The summed E-state index contributed by atoms with van der Waals surface area (Å²) in [7, 11) is 0. The molecule has 0 amide bonds. The van der Waals surface area contributed by atoms with E-state index in [4.69, 9.17) is 14.9 Å². The molecule has 2 fully saturated rings. The van der Waals surface area contributed by atoms with Gasteiger partial charge >= 0.3 is 0 Å². The maximum absolute atomic E-state index is 5.98. The van der Waals surface area contributed by atoms with E-state index in [0.29, 0.717) is 12.6 Å². The molecule has 2 saturated heterocycles. The van der Waals surface area contributed by atoms with Crippen molar-refractivity contribution in [2.45, 2.75) is 18.5 Å². The van der Waals surface area contributed by atoms with E-state index in [1.807, 2.05) is 6.07 Å². The molecule has 0 spiro atoms. The van der Waals surface area contributed by atoms with Crippen LogP contribution in [0.2, 0.25) is 0 Å². The Morgan fingerprint density at radius 2 is 2.15 bits per heavy atom. The van der Waals surface area contributed by atoms with E-state index in [9.17, 15) is 0 Å². The molecule has 5 nitrogen and oxygen atoms in total. The average Bonchev–Trinajstić information content (AvgIpc) is 3.12. The van der Waals surface area contributed by atoms with Gasteiger partial charge in [0.2, 0.25) is 0 Å². The quantitative estimate of drug-likeness (QED) is 0.896. The molecule has 1 aromatic heterocycles. The molecule has 3 heterocycles. The van der Waals surface area contributed by atoms with Gasteiger partial charge in [-0.1, -0.05) is 0 Å². The van der Waals surface area contributed by atoms with Crippen molar-refractivity contribution in [2.75, 3.05) is 45.9 Å². The zero-order chi connectivity index (χ0) is 13.9. The third-order valence-electron chi connectivity index (χ3n) is 4.37. The third-order valence-corrected chi connectivity index (χ3v) is 5.02. The van der Waals surface area contributed by atoms with Crippen molar-refractivity contribution in [3.8, 4) is 0 Å². The number of hydrogen-bond donors (Lipinski definition) is 1. The molecule has 0 saturated carbocycles. The number of likely N-dealkylation sites (tertiary alicyclic amines) is 1. The minimum absolute atomic E-state index is 0.172. The van der Waals surface area contributed by atoms with Crippen molar-refractivity contribution >= 4 is 15.9 Å². The van der Waals surface area contributed by atoms with Crippen LogP contribution in [0.3, 0.4) is 0 Å². The predicted octanol–water partition coefficient (Wildman–Crippen LogP) is 1.45. The highest BCUT2D eigenvalue weighted by atomic mass is 79.9. The van der Waals surface area contributed by atoms with Gasteiger partial charge in [-0.15, -0.1) is 0 Å². The topological polar surface area (TPSA) is 54.9 Å². The third kappa shape index (κ3) is 2.94. The number of nitrogens with zero attached hydrogens (tertiary/aromatic N) is 2. The van der Waals surface area contributed by atoms with Crippen LogP contribution in [-0.2, 0) is 4.74 Å². The van der Waals surface area contributed by atoms with E-state index < -0.39 is 0 Å². The fourth-order valence-corrected chi connectivity index (χ4v) is 3.72. The van der Waals surface area contributed by atoms with E-state index in [1.54, 1.807) is 6.26 Å². The van der Waals surface area contributed by atoms with Gasteiger partial charge in [0.15, 0.2) is 0 Å². The smallest absolute Gasteiger partial charge is 0.136 e. The van der Waals surface area contributed by atoms with Crippen molar-refractivity contribution in [1.29, 1.82) is 0 Å². The van der Waals surface area contributed by atoms with Crippen LogP contribution in [0.1, 0.15) is 18.2 Å². The zero-order valence-electron chi connectivity index (χ0n) is 11.6. The lowest BCUT2D eigenvalue weighted by Crippen LogP contribution is -2.45. The molecule has 2 unspecified atom stereocenters. The Hall–Kier alpha value is -0.400. The Bertz CT molecular complexity index is 434. The van der Waals surface area contributed by atoms with Gasteiger partial charge in [0.05, 0.1) is 30.0 Å². The van der Waals surface area contributed by atoms with Crippen LogP contribution in [0.15, 0.2) is 21.2 Å². The molecule has 20 heavy (non-hydrogen) atoms. The molecule has 0 radical (unpaired) electrons. The summed E-state index contributed by atoms with van der Waals surface area (Å²) in [6, 6.07) is 2.74. The first kappa shape index (κ1) is 14.5. The number of nitrogens with two attached hydrogens (primary N) is 1. The van der Waals surface area contributed by atoms with E-state index in [0.717, 1.165) is 49.6 Å². The molecular formula is C14H22BrN3O2. The standard InChI is InChI=1S/C14H22BrN3O2/c15-12-2-6-20-14(12)13(9-16)18-3-1-11(10-18)17-4-7-19-8-5-17/h2,6,11,13H,1,3-5,7-10,16H2. The SMILES string of the molecule is NCC(c1occc1Br)N1CCC(N2CCOCC2)C1. The summed E-state index contributed by atoms with van der Waals surface area (Å²) >= 11 is 3.54. The van der Waals surface area contributed by atoms with Gasteiger partial charge in [-0.3, -0.25) is 9.80 Å². The lowest BCUT2D eigenvalue weighted by Gasteiger charge is -2.33. The summed E-state index contributed by atoms with van der Waals surface area (Å²) in [5, 5.41) is 0. The summed E-state index contributed by atoms with van der Waals surface area (Å²) in [5.74, 6) is 0.954. The van der Waals surface area contributed by atoms with Crippen molar-refractivity contribution in [1.82, 2.24) is 9.80 Å². The predicted molar refractivity (Wildman–Crippen MR) is 80.6 cm³/mol. The molecule has 2 atom stereocenters. The van der Waals surface area contributed by atoms with Crippen LogP contribution in [0.5, 0.6) is 0 Å². The van der Waals surface area contributed by atoms with Gasteiger partial charge in [-0.05, 0) is 28.4 Å². The van der Waals surface area contributed by atoms with E-state index in [2.05, 4.69) is 25.7 Å². The Labute approximate surface area is 128 Å². The summed E-state index contributed by atoms with van der Waals surface area (Å²) in [5.41, 5.74) is 5.98. The van der Waals surface area contributed by atoms with Crippen LogP contribution in [0.25, 0.3) is 0 Å². The Kier molecular flexibility index (Phi) is 4.78. The zero-order valence-corrected chi connectivity index (χ0v) is 13.2. The second-order valence-corrected chi connectivity index (χ2v) is 6.32. The average molecular weight is 344 g/mol. The molecule has 0 bridgehead atoms. The van der Waals surface area contributed by atoms with Crippen molar-refractivity contribution < 1.29 is 9.15 Å². The molecule has 2 aliphatic heterocycles. The van der Waals surface area contributed by atoms with Gasteiger partial charge in [0.25, 0.3) is 0 Å². The first-order valence-electron chi connectivity index (χ1n) is 7.28. The van der Waals surface area contributed by atoms with E-state index >= 15 is 0 Å². The van der Waals surface area contributed by atoms with Crippen LogP contribution in [0, 0.1) is 0 Å². The minimum Gasteiger partial charge on any atom is -0.466 e. The number of ether oxygens (including phenoxy) is 1. The van der Waals surface area contributed by atoms with Gasteiger partial charge in [-0.25, -0.2) is 0 Å².